The minimum absolute atomic E-state index is 0.164. The summed E-state index contributed by atoms with van der Waals surface area (Å²) in [6.07, 6.45) is 3.95. The van der Waals surface area contributed by atoms with E-state index in [0.29, 0.717) is 18.3 Å². The zero-order valence-electron chi connectivity index (χ0n) is 12.7. The van der Waals surface area contributed by atoms with Crippen molar-refractivity contribution < 1.29 is 4.42 Å². The van der Waals surface area contributed by atoms with Crippen LogP contribution < -0.4 is 5.32 Å². The van der Waals surface area contributed by atoms with Gasteiger partial charge in [0.15, 0.2) is 0 Å². The number of aromatic nitrogens is 4. The van der Waals surface area contributed by atoms with Crippen LogP contribution in [-0.2, 0) is 13.1 Å². The molecule has 2 heterocycles. The van der Waals surface area contributed by atoms with Gasteiger partial charge in [0.05, 0.1) is 19.3 Å². The molecule has 114 valence electrons. The molecule has 1 atom stereocenters. The molecule has 2 aromatic heterocycles. The third kappa shape index (κ3) is 3.59. The molecule has 0 aliphatic rings. The second-order valence-corrected chi connectivity index (χ2v) is 5.27. The van der Waals surface area contributed by atoms with E-state index in [9.17, 15) is 0 Å². The van der Waals surface area contributed by atoms with Crippen molar-refractivity contribution in [1.29, 1.82) is 0 Å². The Morgan fingerprint density at radius 2 is 2.05 bits per heavy atom. The Kier molecular flexibility index (Phi) is 4.29. The van der Waals surface area contributed by atoms with Crippen LogP contribution in [0.4, 0.5) is 0 Å². The van der Waals surface area contributed by atoms with Crippen LogP contribution in [-0.4, -0.2) is 20.0 Å². The molecule has 0 spiro atoms. The number of rotatable bonds is 6. The summed E-state index contributed by atoms with van der Waals surface area (Å²) in [5, 5.41) is 15.6. The summed E-state index contributed by atoms with van der Waals surface area (Å²) in [6.45, 7) is 5.20. The molecule has 0 unspecified atom stereocenters. The number of aryl methyl sites for hydroxylation is 1. The fourth-order valence-corrected chi connectivity index (χ4v) is 2.23. The third-order valence-electron chi connectivity index (χ3n) is 3.47. The van der Waals surface area contributed by atoms with Gasteiger partial charge in [-0.1, -0.05) is 30.3 Å². The molecule has 6 heteroatoms. The lowest BCUT2D eigenvalue weighted by molar-refractivity contribution is 0.430. The monoisotopic (exact) mass is 297 g/mol. The van der Waals surface area contributed by atoms with Gasteiger partial charge in [-0.15, -0.1) is 10.2 Å². The fraction of sp³-hybridized carbons (Fsp3) is 0.312. The van der Waals surface area contributed by atoms with Crippen molar-refractivity contribution in [3.63, 3.8) is 0 Å². The zero-order valence-corrected chi connectivity index (χ0v) is 12.7. The second kappa shape index (κ2) is 6.53. The Hall–Kier alpha value is -2.47. The average molecular weight is 297 g/mol. The molecule has 1 N–H and O–H groups in total. The molecule has 0 radical (unpaired) electrons. The molecule has 22 heavy (non-hydrogen) atoms. The maximum atomic E-state index is 5.35. The van der Waals surface area contributed by atoms with Crippen LogP contribution in [0.1, 0.15) is 35.9 Å². The lowest BCUT2D eigenvalue weighted by Gasteiger charge is -2.09. The quantitative estimate of drug-likeness (QED) is 0.757. The van der Waals surface area contributed by atoms with Crippen LogP contribution >= 0.6 is 0 Å². The van der Waals surface area contributed by atoms with Crippen LogP contribution in [0.25, 0.3) is 0 Å². The molecule has 0 bridgehead atoms. The van der Waals surface area contributed by atoms with E-state index in [0.717, 1.165) is 12.1 Å². The van der Waals surface area contributed by atoms with E-state index in [1.165, 1.54) is 5.56 Å². The van der Waals surface area contributed by atoms with Crippen molar-refractivity contribution in [3.05, 3.63) is 65.6 Å². The molecule has 0 aliphatic heterocycles. The fourth-order valence-electron chi connectivity index (χ4n) is 2.23. The van der Waals surface area contributed by atoms with Gasteiger partial charge in [0.25, 0.3) is 0 Å². The lowest BCUT2D eigenvalue weighted by Crippen LogP contribution is -2.18. The predicted molar refractivity (Wildman–Crippen MR) is 82.1 cm³/mol. The van der Waals surface area contributed by atoms with Gasteiger partial charge >= 0.3 is 0 Å². The van der Waals surface area contributed by atoms with Gasteiger partial charge in [-0.3, -0.25) is 4.68 Å². The maximum Gasteiger partial charge on any atom is 0.230 e. The molecule has 0 saturated heterocycles. The van der Waals surface area contributed by atoms with E-state index in [2.05, 4.69) is 45.9 Å². The highest BCUT2D eigenvalue weighted by atomic mass is 16.4. The number of hydrogen-bond donors (Lipinski definition) is 1. The van der Waals surface area contributed by atoms with Gasteiger partial charge in [-0.25, -0.2) is 0 Å². The van der Waals surface area contributed by atoms with Crippen LogP contribution in [0.2, 0.25) is 0 Å². The second-order valence-electron chi connectivity index (χ2n) is 5.27. The van der Waals surface area contributed by atoms with Crippen molar-refractivity contribution in [2.75, 3.05) is 0 Å². The van der Waals surface area contributed by atoms with Crippen LogP contribution in [0.15, 0.2) is 47.1 Å². The highest BCUT2D eigenvalue weighted by Gasteiger charge is 2.10. The van der Waals surface area contributed by atoms with Crippen molar-refractivity contribution in [2.45, 2.75) is 33.0 Å². The molecule has 0 saturated carbocycles. The molecular formula is C16H19N5O. The number of nitrogens with zero attached hydrogens (tertiary/aromatic N) is 4. The van der Waals surface area contributed by atoms with Gasteiger partial charge in [0, 0.05) is 24.7 Å². The van der Waals surface area contributed by atoms with E-state index in [-0.39, 0.29) is 6.04 Å². The molecule has 6 nitrogen and oxygen atoms in total. The smallest absolute Gasteiger partial charge is 0.230 e. The van der Waals surface area contributed by atoms with Crippen LogP contribution in [0.3, 0.4) is 0 Å². The zero-order chi connectivity index (χ0) is 15.4. The topological polar surface area (TPSA) is 68.8 Å². The maximum absolute atomic E-state index is 5.35. The third-order valence-corrected chi connectivity index (χ3v) is 3.47. The van der Waals surface area contributed by atoms with E-state index >= 15 is 0 Å². The van der Waals surface area contributed by atoms with Crippen molar-refractivity contribution in [3.8, 4) is 0 Å². The van der Waals surface area contributed by atoms with Gasteiger partial charge in [-0.2, -0.15) is 5.10 Å². The van der Waals surface area contributed by atoms with Gasteiger partial charge < -0.3 is 9.73 Å². The highest BCUT2D eigenvalue weighted by molar-refractivity contribution is 5.16. The molecule has 0 aliphatic carbocycles. The lowest BCUT2D eigenvalue weighted by atomic mass is 10.2. The molecule has 0 amide bonds. The van der Waals surface area contributed by atoms with Crippen molar-refractivity contribution >= 4 is 0 Å². The first-order chi connectivity index (χ1) is 10.7. The number of nitrogens with one attached hydrogen (secondary N) is 1. The van der Waals surface area contributed by atoms with E-state index in [4.69, 9.17) is 4.42 Å². The first-order valence-corrected chi connectivity index (χ1v) is 7.29. The summed E-state index contributed by atoms with van der Waals surface area (Å²) in [5.74, 6) is 1.18. The van der Waals surface area contributed by atoms with Gasteiger partial charge in [0.2, 0.25) is 11.8 Å². The van der Waals surface area contributed by atoms with Crippen LogP contribution in [0.5, 0.6) is 0 Å². The summed E-state index contributed by atoms with van der Waals surface area (Å²) in [6, 6.07) is 10.5. The standard InChI is InChI=1S/C16H19N5O/c1-12(17-9-16-20-19-13(2)22-16)15-8-18-21(11-15)10-14-6-4-3-5-7-14/h3-8,11-12,17H,9-10H2,1-2H3/t12-/m0/s1. The average Bonchev–Trinajstić information content (AvgIpc) is 3.15. The predicted octanol–water partition coefficient (Wildman–Crippen LogP) is 2.47. The molecule has 3 rings (SSSR count). The van der Waals surface area contributed by atoms with E-state index < -0.39 is 0 Å². The Bertz CT molecular complexity index is 719. The minimum Gasteiger partial charge on any atom is -0.424 e. The Morgan fingerprint density at radius 1 is 1.23 bits per heavy atom. The SMILES string of the molecule is Cc1nnc(CN[C@@H](C)c2cnn(Cc3ccccc3)c2)o1. The number of benzene rings is 1. The number of hydrogen-bond acceptors (Lipinski definition) is 5. The van der Waals surface area contributed by atoms with Crippen LogP contribution in [0, 0.1) is 6.92 Å². The Morgan fingerprint density at radius 3 is 2.77 bits per heavy atom. The molecular weight excluding hydrogens is 278 g/mol. The summed E-state index contributed by atoms with van der Waals surface area (Å²) < 4.78 is 7.29. The summed E-state index contributed by atoms with van der Waals surface area (Å²) in [4.78, 5) is 0. The highest BCUT2D eigenvalue weighted by Crippen LogP contribution is 2.13. The Labute approximate surface area is 129 Å². The molecule has 3 aromatic rings. The van der Waals surface area contributed by atoms with Gasteiger partial charge in [0.1, 0.15) is 0 Å². The first-order valence-electron chi connectivity index (χ1n) is 7.29. The normalized spacial score (nSPS) is 12.5. The minimum atomic E-state index is 0.164. The van der Waals surface area contributed by atoms with Gasteiger partial charge in [-0.05, 0) is 12.5 Å². The first kappa shape index (κ1) is 14.5. The largest absolute Gasteiger partial charge is 0.424 e. The van der Waals surface area contributed by atoms with E-state index in [1.807, 2.05) is 29.1 Å². The van der Waals surface area contributed by atoms with E-state index in [1.54, 1.807) is 6.92 Å². The van der Waals surface area contributed by atoms with Crippen molar-refractivity contribution in [1.82, 2.24) is 25.3 Å². The summed E-state index contributed by atoms with van der Waals surface area (Å²) in [5.41, 5.74) is 2.37. The molecule has 0 fully saturated rings. The van der Waals surface area contributed by atoms with Crippen molar-refractivity contribution in [2.24, 2.45) is 0 Å². The Balaban J connectivity index is 1.58. The molecule has 1 aromatic carbocycles. The summed E-state index contributed by atoms with van der Waals surface area (Å²) in [7, 11) is 0. The summed E-state index contributed by atoms with van der Waals surface area (Å²) >= 11 is 0.